The SMILES string of the molecule is COC(=O)[C@H](CCC=C(C)C)C1[C@@H](O)C[C@]2(C)C3=CCC4C(C)(C)C(=O)CC[C@]4(C)C3CCC12C. The second-order valence-corrected chi connectivity index (χ2v) is 13.7. The van der Waals surface area contributed by atoms with Crippen LogP contribution in [0.5, 0.6) is 0 Å². The van der Waals surface area contributed by atoms with Gasteiger partial charge in [-0.2, -0.15) is 0 Å². The van der Waals surface area contributed by atoms with Crippen LogP contribution in [0, 0.1) is 45.3 Å². The van der Waals surface area contributed by atoms with Gasteiger partial charge < -0.3 is 9.84 Å². The Morgan fingerprint density at radius 3 is 2.51 bits per heavy atom. The average molecular weight is 485 g/mol. The molecule has 3 fully saturated rings. The molecule has 0 aromatic carbocycles. The number of ketones is 1. The summed E-state index contributed by atoms with van der Waals surface area (Å²) in [7, 11) is 1.48. The van der Waals surface area contributed by atoms with Crippen LogP contribution in [-0.4, -0.2) is 30.1 Å². The summed E-state index contributed by atoms with van der Waals surface area (Å²) >= 11 is 0. The van der Waals surface area contributed by atoms with E-state index < -0.39 is 6.10 Å². The molecule has 0 spiro atoms. The van der Waals surface area contributed by atoms with Crippen molar-refractivity contribution in [3.63, 3.8) is 0 Å². The van der Waals surface area contributed by atoms with Crippen molar-refractivity contribution in [3.8, 4) is 0 Å². The van der Waals surface area contributed by atoms with Crippen molar-refractivity contribution in [1.82, 2.24) is 0 Å². The number of ether oxygens (including phenoxy) is 1. The normalized spacial score (nSPS) is 42.8. The van der Waals surface area contributed by atoms with Gasteiger partial charge in [0.15, 0.2) is 0 Å². The molecule has 4 aliphatic rings. The fraction of sp³-hybridized carbons (Fsp3) is 0.806. The Balaban J connectivity index is 1.72. The zero-order chi connectivity index (χ0) is 26.0. The first kappa shape index (κ1) is 26.6. The summed E-state index contributed by atoms with van der Waals surface area (Å²) in [6.07, 6.45) is 11.0. The highest BCUT2D eigenvalue weighted by Gasteiger charge is 2.68. The lowest BCUT2D eigenvalue weighted by molar-refractivity contribution is -0.154. The lowest BCUT2D eigenvalue weighted by atomic mass is 9.41. The quantitative estimate of drug-likeness (QED) is 0.350. The highest BCUT2D eigenvalue weighted by molar-refractivity contribution is 5.85. The van der Waals surface area contributed by atoms with Gasteiger partial charge in [0, 0.05) is 17.8 Å². The molecular formula is C31H48O4. The Labute approximate surface area is 213 Å². The molecule has 0 heterocycles. The molecule has 0 amide bonds. The van der Waals surface area contributed by atoms with Crippen LogP contribution in [0.15, 0.2) is 23.3 Å². The maximum Gasteiger partial charge on any atom is 0.309 e. The lowest BCUT2D eigenvalue weighted by Gasteiger charge is -2.63. The largest absolute Gasteiger partial charge is 0.469 e. The Morgan fingerprint density at radius 2 is 1.89 bits per heavy atom. The molecule has 4 unspecified atom stereocenters. The second kappa shape index (κ2) is 8.85. The van der Waals surface area contributed by atoms with Crippen LogP contribution in [0.2, 0.25) is 0 Å². The number of carbonyl (C=O) groups excluding carboxylic acids is 2. The van der Waals surface area contributed by atoms with Gasteiger partial charge in [0.05, 0.1) is 19.1 Å². The van der Waals surface area contributed by atoms with E-state index in [0.717, 1.165) is 32.1 Å². The van der Waals surface area contributed by atoms with Crippen molar-refractivity contribution in [1.29, 1.82) is 0 Å². The third kappa shape index (κ3) is 3.80. The van der Waals surface area contributed by atoms with Gasteiger partial charge in [-0.05, 0) is 86.9 Å². The monoisotopic (exact) mass is 484 g/mol. The van der Waals surface area contributed by atoms with Crippen LogP contribution in [-0.2, 0) is 14.3 Å². The molecule has 35 heavy (non-hydrogen) atoms. The van der Waals surface area contributed by atoms with Gasteiger partial charge in [-0.15, -0.1) is 0 Å². The fourth-order valence-electron chi connectivity index (χ4n) is 9.48. The summed E-state index contributed by atoms with van der Waals surface area (Å²) in [4.78, 5) is 25.9. The van der Waals surface area contributed by atoms with Crippen molar-refractivity contribution in [2.24, 2.45) is 45.3 Å². The zero-order valence-electron chi connectivity index (χ0n) is 23.4. The van der Waals surface area contributed by atoms with Crippen LogP contribution in [0.3, 0.4) is 0 Å². The van der Waals surface area contributed by atoms with E-state index in [0.29, 0.717) is 36.9 Å². The fourth-order valence-corrected chi connectivity index (χ4v) is 9.48. The minimum absolute atomic E-state index is 0.109. The van der Waals surface area contributed by atoms with E-state index in [-0.39, 0.29) is 39.5 Å². The minimum atomic E-state index is -0.518. The molecule has 3 saturated carbocycles. The van der Waals surface area contributed by atoms with Gasteiger partial charge in [-0.25, -0.2) is 0 Å². The van der Waals surface area contributed by atoms with E-state index >= 15 is 0 Å². The molecule has 4 aliphatic carbocycles. The zero-order valence-corrected chi connectivity index (χ0v) is 23.4. The summed E-state index contributed by atoms with van der Waals surface area (Å²) in [5.74, 6) is 0.639. The molecule has 4 rings (SSSR count). The molecule has 8 atom stereocenters. The van der Waals surface area contributed by atoms with Gasteiger partial charge in [0.1, 0.15) is 5.78 Å². The molecule has 0 radical (unpaired) electrons. The predicted octanol–water partition coefficient (Wildman–Crippen LogP) is 6.67. The average Bonchev–Trinajstić information content (AvgIpc) is 2.99. The Bertz CT molecular complexity index is 940. The van der Waals surface area contributed by atoms with Gasteiger partial charge in [-0.3, -0.25) is 9.59 Å². The molecule has 0 aromatic heterocycles. The van der Waals surface area contributed by atoms with Gasteiger partial charge in [0.2, 0.25) is 0 Å². The first-order valence-corrected chi connectivity index (χ1v) is 13.9. The summed E-state index contributed by atoms with van der Waals surface area (Å²) < 4.78 is 5.30. The van der Waals surface area contributed by atoms with Crippen molar-refractivity contribution in [2.45, 2.75) is 106 Å². The number of rotatable bonds is 5. The van der Waals surface area contributed by atoms with Crippen LogP contribution in [0.25, 0.3) is 0 Å². The first-order chi connectivity index (χ1) is 16.2. The van der Waals surface area contributed by atoms with Crippen molar-refractivity contribution in [3.05, 3.63) is 23.3 Å². The number of aliphatic hydroxyl groups excluding tert-OH is 1. The Hall–Kier alpha value is -1.42. The number of fused-ring (bicyclic) bond motifs is 5. The first-order valence-electron chi connectivity index (χ1n) is 13.9. The van der Waals surface area contributed by atoms with Crippen molar-refractivity contribution in [2.75, 3.05) is 7.11 Å². The summed E-state index contributed by atoms with van der Waals surface area (Å²) in [6.45, 7) is 15.6. The van der Waals surface area contributed by atoms with Crippen molar-refractivity contribution >= 4 is 11.8 Å². The number of allylic oxidation sites excluding steroid dienone is 4. The van der Waals surface area contributed by atoms with Crippen LogP contribution < -0.4 is 0 Å². The second-order valence-electron chi connectivity index (χ2n) is 13.7. The number of carbonyl (C=O) groups is 2. The molecule has 4 nitrogen and oxygen atoms in total. The maximum absolute atomic E-state index is 13.1. The Kier molecular flexibility index (Phi) is 6.74. The topological polar surface area (TPSA) is 63.6 Å². The number of hydrogen-bond donors (Lipinski definition) is 1. The predicted molar refractivity (Wildman–Crippen MR) is 140 cm³/mol. The highest BCUT2D eigenvalue weighted by atomic mass is 16.5. The van der Waals surface area contributed by atoms with E-state index in [1.807, 2.05) is 0 Å². The standard InChI is InChI=1S/C31H48O4/c1-19(2)10-9-11-20(27(34)35-8)26-23(32)18-31(7)22-12-13-24-28(3,4)25(33)15-16-29(24,5)21(22)14-17-30(26,31)6/h10,12,20-21,23-24,26,32H,9,11,13-18H2,1-8H3/t20-,21?,23+,24?,26?,29-,30?,31-/m1/s1. The minimum Gasteiger partial charge on any atom is -0.469 e. The number of esters is 1. The smallest absolute Gasteiger partial charge is 0.309 e. The van der Waals surface area contributed by atoms with E-state index in [1.54, 1.807) is 0 Å². The van der Waals surface area contributed by atoms with E-state index in [1.165, 1.54) is 18.3 Å². The van der Waals surface area contributed by atoms with Crippen LogP contribution in [0.4, 0.5) is 0 Å². The summed E-state index contributed by atoms with van der Waals surface area (Å²) in [6, 6.07) is 0. The molecule has 196 valence electrons. The summed E-state index contributed by atoms with van der Waals surface area (Å²) in [5, 5.41) is 11.6. The van der Waals surface area contributed by atoms with Crippen molar-refractivity contribution < 1.29 is 19.4 Å². The molecule has 1 N–H and O–H groups in total. The molecular weight excluding hydrogens is 436 g/mol. The third-order valence-corrected chi connectivity index (χ3v) is 11.6. The molecule has 4 heteroatoms. The molecule has 0 saturated heterocycles. The molecule has 0 bridgehead atoms. The summed E-state index contributed by atoms with van der Waals surface area (Å²) in [5.41, 5.74) is 2.27. The van der Waals surface area contributed by atoms with Gasteiger partial charge >= 0.3 is 5.97 Å². The van der Waals surface area contributed by atoms with Gasteiger partial charge in [-0.1, -0.05) is 57.9 Å². The van der Waals surface area contributed by atoms with Gasteiger partial charge in [0.25, 0.3) is 0 Å². The maximum atomic E-state index is 13.1. The van der Waals surface area contributed by atoms with E-state index in [9.17, 15) is 14.7 Å². The number of aliphatic hydroxyl groups is 1. The molecule has 0 aromatic rings. The highest BCUT2D eigenvalue weighted by Crippen LogP contribution is 2.73. The third-order valence-electron chi connectivity index (χ3n) is 11.6. The van der Waals surface area contributed by atoms with Crippen LogP contribution in [0.1, 0.15) is 99.8 Å². The number of Topliss-reactive ketones (excluding diaryl/α,β-unsaturated/α-hetero) is 1. The van der Waals surface area contributed by atoms with Crippen LogP contribution >= 0.6 is 0 Å². The number of methoxy groups -OCH3 is 1. The van der Waals surface area contributed by atoms with E-state index in [4.69, 9.17) is 4.74 Å². The lowest BCUT2D eigenvalue weighted by Crippen LogP contribution is -2.57. The van der Waals surface area contributed by atoms with E-state index in [2.05, 4.69) is 60.6 Å². The Morgan fingerprint density at radius 1 is 1.20 bits per heavy atom. The number of hydrogen-bond acceptors (Lipinski definition) is 4. The molecule has 0 aliphatic heterocycles.